The minimum absolute atomic E-state index is 0.0339. The Kier molecular flexibility index (Phi) is 7.04. The third kappa shape index (κ3) is 6.37. The molecule has 6 nitrogen and oxygen atoms in total. The minimum atomic E-state index is -4.14. The predicted octanol–water partition coefficient (Wildman–Crippen LogP) is 4.25. The van der Waals surface area contributed by atoms with Crippen molar-refractivity contribution in [2.45, 2.75) is 18.2 Å². The summed E-state index contributed by atoms with van der Waals surface area (Å²) in [6, 6.07) is 16.2. The van der Waals surface area contributed by atoms with Crippen molar-refractivity contribution < 1.29 is 21.8 Å². The molecule has 0 radical (unpaired) electrons. The molecule has 160 valence electrons. The highest BCUT2D eigenvalue weighted by Crippen LogP contribution is 2.23. The summed E-state index contributed by atoms with van der Waals surface area (Å²) in [5.74, 6) is -1.17. The summed E-state index contributed by atoms with van der Waals surface area (Å²) >= 11 is 5.89. The number of hydrogen-bond acceptors (Lipinski definition) is 5. The average molecular weight is 461 g/mol. The van der Waals surface area contributed by atoms with E-state index in [1.807, 2.05) is 6.92 Å². The van der Waals surface area contributed by atoms with Gasteiger partial charge in [-0.15, -0.1) is 0 Å². The Morgan fingerprint density at radius 1 is 1.13 bits per heavy atom. The normalized spacial score (nSPS) is 11.5. The van der Waals surface area contributed by atoms with Gasteiger partial charge in [-0.3, -0.25) is 4.79 Å². The van der Waals surface area contributed by atoms with Crippen LogP contribution in [0.25, 0.3) is 0 Å². The molecule has 0 heterocycles. The first-order chi connectivity index (χ1) is 14.7. The maximum absolute atomic E-state index is 13.7. The Morgan fingerprint density at radius 3 is 2.58 bits per heavy atom. The SMILES string of the molecule is Cc1ccc(S(=O)(=O)Oc2ccc(F)cc2C=NNC(=O)Cc2cccc(Cl)c2)cc1. The van der Waals surface area contributed by atoms with E-state index in [1.165, 1.54) is 18.2 Å². The van der Waals surface area contributed by atoms with Crippen molar-refractivity contribution in [3.05, 3.63) is 94.3 Å². The van der Waals surface area contributed by atoms with Crippen molar-refractivity contribution in [1.82, 2.24) is 5.43 Å². The lowest BCUT2D eigenvalue weighted by Crippen LogP contribution is -2.20. The molecule has 0 spiro atoms. The molecule has 3 rings (SSSR count). The van der Waals surface area contributed by atoms with Crippen molar-refractivity contribution in [3.63, 3.8) is 0 Å². The van der Waals surface area contributed by atoms with Crippen LogP contribution in [0.4, 0.5) is 4.39 Å². The molecule has 0 saturated heterocycles. The molecule has 9 heteroatoms. The Balaban J connectivity index is 1.73. The van der Waals surface area contributed by atoms with E-state index in [1.54, 1.807) is 36.4 Å². The molecular formula is C22H18ClFN2O4S. The molecular weight excluding hydrogens is 443 g/mol. The zero-order valence-corrected chi connectivity index (χ0v) is 18.0. The molecule has 0 unspecified atom stereocenters. The van der Waals surface area contributed by atoms with Crippen LogP contribution in [0.15, 0.2) is 76.7 Å². The number of hydrogen-bond donors (Lipinski definition) is 1. The van der Waals surface area contributed by atoms with Gasteiger partial charge in [0.1, 0.15) is 10.7 Å². The first-order valence-corrected chi connectivity index (χ1v) is 10.9. The number of rotatable bonds is 7. The van der Waals surface area contributed by atoms with Crippen LogP contribution in [0.2, 0.25) is 5.02 Å². The van der Waals surface area contributed by atoms with Crippen LogP contribution in [0.3, 0.4) is 0 Å². The molecule has 3 aromatic rings. The molecule has 1 amide bonds. The second-order valence-corrected chi connectivity index (χ2v) is 8.62. The first kappa shape index (κ1) is 22.5. The topological polar surface area (TPSA) is 84.8 Å². The number of amides is 1. The number of carbonyl (C=O) groups is 1. The lowest BCUT2D eigenvalue weighted by molar-refractivity contribution is -0.120. The van der Waals surface area contributed by atoms with Crippen LogP contribution >= 0.6 is 11.6 Å². The van der Waals surface area contributed by atoms with Gasteiger partial charge in [-0.2, -0.15) is 13.5 Å². The Bertz CT molecular complexity index is 1230. The van der Waals surface area contributed by atoms with Crippen molar-refractivity contribution in [2.75, 3.05) is 0 Å². The molecule has 0 aliphatic rings. The van der Waals surface area contributed by atoms with Crippen molar-refractivity contribution >= 4 is 33.8 Å². The summed E-state index contributed by atoms with van der Waals surface area (Å²) in [7, 11) is -4.14. The van der Waals surface area contributed by atoms with Gasteiger partial charge in [0.2, 0.25) is 5.91 Å². The standard InChI is InChI=1S/C22H18ClFN2O4S/c1-15-5-8-20(9-6-15)31(28,29)30-21-10-7-19(24)13-17(21)14-25-26-22(27)12-16-3-2-4-18(23)11-16/h2-11,13-14H,12H2,1H3,(H,26,27). The molecule has 0 bridgehead atoms. The summed E-state index contributed by atoms with van der Waals surface area (Å²) < 4.78 is 43.9. The van der Waals surface area contributed by atoms with Crippen LogP contribution in [0.1, 0.15) is 16.7 Å². The number of nitrogens with one attached hydrogen (secondary N) is 1. The van der Waals surface area contributed by atoms with Crippen LogP contribution in [-0.2, 0) is 21.3 Å². The number of benzene rings is 3. The molecule has 1 N–H and O–H groups in total. The fraction of sp³-hybridized carbons (Fsp3) is 0.0909. The highest BCUT2D eigenvalue weighted by atomic mass is 35.5. The maximum Gasteiger partial charge on any atom is 0.339 e. The first-order valence-electron chi connectivity index (χ1n) is 9.10. The lowest BCUT2D eigenvalue weighted by atomic mass is 10.1. The van der Waals surface area contributed by atoms with E-state index in [-0.39, 0.29) is 22.6 Å². The van der Waals surface area contributed by atoms with Gasteiger partial charge < -0.3 is 4.18 Å². The number of halogens is 2. The number of hydrazone groups is 1. The van der Waals surface area contributed by atoms with Gasteiger partial charge >= 0.3 is 10.1 Å². The van der Waals surface area contributed by atoms with E-state index < -0.39 is 21.8 Å². The molecule has 31 heavy (non-hydrogen) atoms. The van der Waals surface area contributed by atoms with E-state index in [2.05, 4.69) is 10.5 Å². The van der Waals surface area contributed by atoms with Crippen LogP contribution in [0, 0.1) is 12.7 Å². The largest absolute Gasteiger partial charge is 0.378 e. The summed E-state index contributed by atoms with van der Waals surface area (Å²) in [5, 5.41) is 4.28. The zero-order chi connectivity index (χ0) is 22.4. The Hall–Kier alpha value is -3.23. The van der Waals surface area contributed by atoms with Gasteiger partial charge in [-0.05, 0) is 55.0 Å². The maximum atomic E-state index is 13.7. The summed E-state index contributed by atoms with van der Waals surface area (Å²) in [5.41, 5.74) is 3.93. The minimum Gasteiger partial charge on any atom is -0.378 e. The smallest absolute Gasteiger partial charge is 0.339 e. The lowest BCUT2D eigenvalue weighted by Gasteiger charge is -2.10. The monoisotopic (exact) mass is 460 g/mol. The van der Waals surface area contributed by atoms with Gasteiger partial charge in [0.05, 0.1) is 12.6 Å². The van der Waals surface area contributed by atoms with E-state index in [9.17, 15) is 17.6 Å². The molecule has 0 aliphatic carbocycles. The summed E-state index contributed by atoms with van der Waals surface area (Å²) in [6.45, 7) is 1.83. The summed E-state index contributed by atoms with van der Waals surface area (Å²) in [4.78, 5) is 12.0. The van der Waals surface area contributed by atoms with Crippen LogP contribution < -0.4 is 9.61 Å². The number of nitrogens with zero attached hydrogens (tertiary/aromatic N) is 1. The van der Waals surface area contributed by atoms with E-state index in [4.69, 9.17) is 15.8 Å². The second kappa shape index (κ2) is 9.72. The second-order valence-electron chi connectivity index (χ2n) is 6.63. The quantitative estimate of drug-likeness (QED) is 0.324. The number of carbonyl (C=O) groups excluding carboxylic acids is 1. The molecule has 0 saturated carbocycles. The predicted molar refractivity (Wildman–Crippen MR) is 116 cm³/mol. The molecule has 3 aromatic carbocycles. The average Bonchev–Trinajstić information content (AvgIpc) is 2.70. The van der Waals surface area contributed by atoms with Crippen LogP contribution in [0.5, 0.6) is 5.75 Å². The van der Waals surface area contributed by atoms with E-state index >= 15 is 0 Å². The Labute approximate surface area is 184 Å². The van der Waals surface area contributed by atoms with Crippen molar-refractivity contribution in [2.24, 2.45) is 5.10 Å². The number of aryl methyl sites for hydroxylation is 1. The fourth-order valence-corrected chi connectivity index (χ4v) is 3.78. The van der Waals surface area contributed by atoms with Crippen molar-refractivity contribution in [3.8, 4) is 5.75 Å². The molecule has 0 fully saturated rings. The van der Waals surface area contributed by atoms with E-state index in [0.717, 1.165) is 23.9 Å². The summed E-state index contributed by atoms with van der Waals surface area (Å²) in [6.07, 6.45) is 1.14. The van der Waals surface area contributed by atoms with Gasteiger partial charge in [-0.25, -0.2) is 9.82 Å². The molecule has 0 atom stereocenters. The highest BCUT2D eigenvalue weighted by molar-refractivity contribution is 7.87. The highest BCUT2D eigenvalue weighted by Gasteiger charge is 2.18. The fourth-order valence-electron chi connectivity index (χ4n) is 2.61. The molecule has 0 aromatic heterocycles. The van der Waals surface area contributed by atoms with Crippen LogP contribution in [-0.4, -0.2) is 20.5 Å². The third-order valence-corrected chi connectivity index (χ3v) is 5.61. The molecule has 0 aliphatic heterocycles. The van der Waals surface area contributed by atoms with Crippen molar-refractivity contribution in [1.29, 1.82) is 0 Å². The van der Waals surface area contributed by atoms with Gasteiger partial charge in [0, 0.05) is 10.6 Å². The Morgan fingerprint density at radius 2 is 1.87 bits per heavy atom. The zero-order valence-electron chi connectivity index (χ0n) is 16.4. The van der Waals surface area contributed by atoms with Gasteiger partial charge in [-0.1, -0.05) is 41.4 Å². The third-order valence-electron chi connectivity index (χ3n) is 4.13. The van der Waals surface area contributed by atoms with Gasteiger partial charge in [0.15, 0.2) is 5.75 Å². The van der Waals surface area contributed by atoms with Gasteiger partial charge in [0.25, 0.3) is 0 Å². The van der Waals surface area contributed by atoms with E-state index in [0.29, 0.717) is 10.6 Å².